The van der Waals surface area contributed by atoms with E-state index in [0.29, 0.717) is 24.3 Å². The number of carbonyl (C=O) groups is 1. The second-order valence-corrected chi connectivity index (χ2v) is 6.44. The number of aromatic amines is 1. The summed E-state index contributed by atoms with van der Waals surface area (Å²) in [6.07, 6.45) is 3.12. The van der Waals surface area contributed by atoms with E-state index < -0.39 is 5.97 Å². The third-order valence-corrected chi connectivity index (χ3v) is 4.35. The zero-order valence-electron chi connectivity index (χ0n) is 15.0. The Labute approximate surface area is 162 Å². The number of hydrogen-bond donors (Lipinski definition) is 2. The SMILES string of the molecule is O=C(O)c1ccc(Cc2cnc3nc(C#CCc4ccccc4)[nH]c3c2)cc1. The van der Waals surface area contributed by atoms with Gasteiger partial charge in [-0.2, -0.15) is 0 Å². The van der Waals surface area contributed by atoms with Crippen LogP contribution in [0.4, 0.5) is 0 Å². The molecule has 2 aromatic carbocycles. The predicted octanol–water partition coefficient (Wildman–Crippen LogP) is 3.84. The van der Waals surface area contributed by atoms with Gasteiger partial charge in [0, 0.05) is 12.6 Å². The van der Waals surface area contributed by atoms with Crippen LogP contribution in [0.3, 0.4) is 0 Å². The van der Waals surface area contributed by atoms with Crippen LogP contribution in [-0.2, 0) is 12.8 Å². The normalized spacial score (nSPS) is 10.4. The fourth-order valence-electron chi connectivity index (χ4n) is 2.93. The van der Waals surface area contributed by atoms with Gasteiger partial charge in [0.15, 0.2) is 11.5 Å². The molecule has 4 rings (SSSR count). The molecule has 5 nitrogen and oxygen atoms in total. The van der Waals surface area contributed by atoms with Crippen molar-refractivity contribution in [2.75, 3.05) is 0 Å². The number of rotatable bonds is 4. The summed E-state index contributed by atoms with van der Waals surface area (Å²) in [5.41, 5.74) is 4.96. The van der Waals surface area contributed by atoms with Crippen molar-refractivity contribution in [1.82, 2.24) is 15.0 Å². The van der Waals surface area contributed by atoms with Crippen molar-refractivity contribution in [1.29, 1.82) is 0 Å². The maximum absolute atomic E-state index is 10.9. The number of fused-ring (bicyclic) bond motifs is 1. The first-order valence-corrected chi connectivity index (χ1v) is 8.87. The van der Waals surface area contributed by atoms with Crippen molar-refractivity contribution >= 4 is 17.1 Å². The van der Waals surface area contributed by atoms with E-state index in [2.05, 4.69) is 26.8 Å². The number of hydrogen-bond acceptors (Lipinski definition) is 3. The quantitative estimate of drug-likeness (QED) is 0.537. The van der Waals surface area contributed by atoms with E-state index in [1.807, 2.05) is 48.5 Å². The second-order valence-electron chi connectivity index (χ2n) is 6.44. The molecule has 4 aromatic rings. The molecule has 2 heterocycles. The van der Waals surface area contributed by atoms with E-state index in [1.54, 1.807) is 18.3 Å². The molecule has 136 valence electrons. The summed E-state index contributed by atoms with van der Waals surface area (Å²) in [5, 5.41) is 8.98. The molecule has 0 aliphatic heterocycles. The summed E-state index contributed by atoms with van der Waals surface area (Å²) < 4.78 is 0. The fourth-order valence-corrected chi connectivity index (χ4v) is 2.93. The van der Waals surface area contributed by atoms with Crippen molar-refractivity contribution in [2.45, 2.75) is 12.8 Å². The minimum atomic E-state index is -0.923. The summed E-state index contributed by atoms with van der Waals surface area (Å²) in [7, 11) is 0. The van der Waals surface area contributed by atoms with E-state index in [9.17, 15) is 4.79 Å². The van der Waals surface area contributed by atoms with E-state index in [4.69, 9.17) is 5.11 Å². The number of aromatic carboxylic acids is 1. The Morgan fingerprint density at radius 2 is 1.79 bits per heavy atom. The Bertz CT molecular complexity index is 1180. The van der Waals surface area contributed by atoms with Gasteiger partial charge < -0.3 is 10.1 Å². The Kier molecular flexibility index (Phi) is 4.85. The van der Waals surface area contributed by atoms with Crippen molar-refractivity contribution in [2.24, 2.45) is 0 Å². The maximum Gasteiger partial charge on any atom is 0.335 e. The van der Waals surface area contributed by atoms with Gasteiger partial charge >= 0.3 is 5.97 Å². The number of imidazole rings is 1. The molecule has 0 spiro atoms. The Morgan fingerprint density at radius 1 is 1.00 bits per heavy atom. The average Bonchev–Trinajstić information content (AvgIpc) is 3.11. The molecule has 28 heavy (non-hydrogen) atoms. The lowest BCUT2D eigenvalue weighted by molar-refractivity contribution is 0.0697. The van der Waals surface area contributed by atoms with E-state index in [-0.39, 0.29) is 5.56 Å². The zero-order valence-corrected chi connectivity index (χ0v) is 15.0. The van der Waals surface area contributed by atoms with E-state index >= 15 is 0 Å². The van der Waals surface area contributed by atoms with Crippen LogP contribution < -0.4 is 0 Å². The number of pyridine rings is 1. The lowest BCUT2D eigenvalue weighted by atomic mass is 10.0. The highest BCUT2D eigenvalue weighted by Crippen LogP contribution is 2.15. The zero-order chi connectivity index (χ0) is 19.3. The molecular weight excluding hydrogens is 350 g/mol. The number of nitrogens with zero attached hydrogens (tertiary/aromatic N) is 2. The molecule has 0 saturated heterocycles. The summed E-state index contributed by atoms with van der Waals surface area (Å²) in [5.74, 6) is 5.86. The number of aromatic nitrogens is 3. The molecule has 5 heteroatoms. The lowest BCUT2D eigenvalue weighted by Gasteiger charge is -2.02. The molecule has 0 atom stereocenters. The lowest BCUT2D eigenvalue weighted by Crippen LogP contribution is -1.96. The summed E-state index contributed by atoms with van der Waals surface area (Å²) in [4.78, 5) is 23.0. The number of benzene rings is 2. The van der Waals surface area contributed by atoms with Gasteiger partial charge in [-0.25, -0.2) is 14.8 Å². The van der Waals surface area contributed by atoms with Gasteiger partial charge in [0.05, 0.1) is 11.1 Å². The van der Waals surface area contributed by atoms with Crippen LogP contribution >= 0.6 is 0 Å². The Hall–Kier alpha value is -3.91. The number of H-pyrrole nitrogens is 1. The molecule has 0 bridgehead atoms. The van der Waals surface area contributed by atoms with Crippen LogP contribution in [0.5, 0.6) is 0 Å². The molecule has 2 aromatic heterocycles. The van der Waals surface area contributed by atoms with Gasteiger partial charge in [0.2, 0.25) is 0 Å². The third kappa shape index (κ3) is 4.08. The van der Waals surface area contributed by atoms with Crippen LogP contribution in [0, 0.1) is 11.8 Å². The predicted molar refractivity (Wildman–Crippen MR) is 107 cm³/mol. The molecule has 0 unspecified atom stereocenters. The minimum absolute atomic E-state index is 0.282. The Balaban J connectivity index is 1.49. The topological polar surface area (TPSA) is 78.9 Å². The highest BCUT2D eigenvalue weighted by molar-refractivity contribution is 5.87. The number of carboxylic acid groups (broad SMARTS) is 1. The molecule has 0 amide bonds. The fraction of sp³-hybridized carbons (Fsp3) is 0.0870. The van der Waals surface area contributed by atoms with Gasteiger partial charge in [-0.05, 0) is 47.2 Å². The maximum atomic E-state index is 10.9. The molecule has 0 saturated carbocycles. The van der Waals surface area contributed by atoms with Crippen LogP contribution in [-0.4, -0.2) is 26.0 Å². The molecular formula is C23H17N3O2. The van der Waals surface area contributed by atoms with E-state index in [0.717, 1.165) is 16.6 Å². The number of nitrogens with one attached hydrogen (secondary N) is 1. The monoisotopic (exact) mass is 367 g/mol. The van der Waals surface area contributed by atoms with Crippen LogP contribution in [0.2, 0.25) is 0 Å². The third-order valence-electron chi connectivity index (χ3n) is 4.35. The Morgan fingerprint density at radius 3 is 2.54 bits per heavy atom. The minimum Gasteiger partial charge on any atom is -0.478 e. The van der Waals surface area contributed by atoms with E-state index in [1.165, 1.54) is 5.56 Å². The van der Waals surface area contributed by atoms with Crippen LogP contribution in [0.25, 0.3) is 11.2 Å². The molecule has 0 aliphatic carbocycles. The molecule has 2 N–H and O–H groups in total. The first-order chi connectivity index (χ1) is 13.7. The molecule has 0 fully saturated rings. The second kappa shape index (κ2) is 7.77. The number of carboxylic acids is 1. The first kappa shape index (κ1) is 17.5. The van der Waals surface area contributed by atoms with Gasteiger partial charge in [-0.3, -0.25) is 0 Å². The van der Waals surface area contributed by atoms with Crippen LogP contribution in [0.15, 0.2) is 66.9 Å². The summed E-state index contributed by atoms with van der Waals surface area (Å²) in [6.45, 7) is 0. The summed E-state index contributed by atoms with van der Waals surface area (Å²) >= 11 is 0. The van der Waals surface area contributed by atoms with Gasteiger partial charge in [0.25, 0.3) is 0 Å². The standard InChI is InChI=1S/C23H17N3O2/c27-23(28)19-11-9-17(10-12-19)13-18-14-20-22(24-15-18)26-21(25-20)8-4-7-16-5-2-1-3-6-16/h1-3,5-6,9-12,14-15H,7,13H2,(H,27,28)(H,24,25,26). The van der Waals surface area contributed by atoms with Crippen molar-refractivity contribution in [3.05, 3.63) is 94.9 Å². The largest absolute Gasteiger partial charge is 0.478 e. The van der Waals surface area contributed by atoms with Crippen molar-refractivity contribution in [3.8, 4) is 11.8 Å². The highest BCUT2D eigenvalue weighted by atomic mass is 16.4. The first-order valence-electron chi connectivity index (χ1n) is 8.87. The van der Waals surface area contributed by atoms with Crippen molar-refractivity contribution in [3.63, 3.8) is 0 Å². The highest BCUT2D eigenvalue weighted by Gasteiger charge is 2.06. The summed E-state index contributed by atoms with van der Waals surface area (Å²) in [6, 6.07) is 18.9. The average molecular weight is 367 g/mol. The molecule has 0 radical (unpaired) electrons. The van der Waals surface area contributed by atoms with Crippen molar-refractivity contribution < 1.29 is 9.90 Å². The van der Waals surface area contributed by atoms with Gasteiger partial charge in [-0.15, -0.1) is 0 Å². The van der Waals surface area contributed by atoms with Gasteiger partial charge in [0.1, 0.15) is 0 Å². The van der Waals surface area contributed by atoms with Gasteiger partial charge in [-0.1, -0.05) is 48.4 Å². The van der Waals surface area contributed by atoms with Crippen LogP contribution in [0.1, 0.15) is 32.9 Å². The molecule has 0 aliphatic rings. The smallest absolute Gasteiger partial charge is 0.335 e.